The molecule has 1 unspecified atom stereocenters. The second-order valence-electron chi connectivity index (χ2n) is 8.03. The third kappa shape index (κ3) is 3.68. The van der Waals surface area contributed by atoms with Crippen LogP contribution in [0.25, 0.3) is 11.0 Å². The molecule has 2 aromatic heterocycles. The van der Waals surface area contributed by atoms with Gasteiger partial charge in [0, 0.05) is 19.8 Å². The molecular formula is C24H25N5O3. The fraction of sp³-hybridized carbons (Fsp3) is 0.292. The first kappa shape index (κ1) is 20.1. The van der Waals surface area contributed by atoms with E-state index in [2.05, 4.69) is 5.10 Å². The van der Waals surface area contributed by atoms with E-state index in [1.54, 1.807) is 4.90 Å². The van der Waals surface area contributed by atoms with Crippen molar-refractivity contribution in [3.8, 4) is 11.5 Å². The number of fused-ring (bicyclic) bond motifs is 2. The van der Waals surface area contributed by atoms with Gasteiger partial charge in [0.25, 0.3) is 5.91 Å². The maximum atomic E-state index is 13.6. The number of ether oxygens (including phenoxy) is 2. The van der Waals surface area contributed by atoms with Crippen LogP contribution >= 0.6 is 0 Å². The van der Waals surface area contributed by atoms with Gasteiger partial charge in [0.1, 0.15) is 12.4 Å². The quantitative estimate of drug-likeness (QED) is 0.486. The third-order valence-corrected chi connectivity index (χ3v) is 5.83. The van der Waals surface area contributed by atoms with E-state index in [0.717, 1.165) is 28.2 Å². The fourth-order valence-corrected chi connectivity index (χ4v) is 3.97. The molecule has 32 heavy (non-hydrogen) atoms. The van der Waals surface area contributed by atoms with E-state index in [-0.39, 0.29) is 12.5 Å². The van der Waals surface area contributed by atoms with Gasteiger partial charge in [-0.2, -0.15) is 5.10 Å². The molecule has 2 aromatic carbocycles. The summed E-state index contributed by atoms with van der Waals surface area (Å²) in [5.74, 6) is 1.87. The van der Waals surface area contributed by atoms with Crippen molar-refractivity contribution in [3.05, 3.63) is 71.8 Å². The van der Waals surface area contributed by atoms with Gasteiger partial charge in [-0.1, -0.05) is 24.3 Å². The Morgan fingerprint density at radius 1 is 1.09 bits per heavy atom. The zero-order valence-electron chi connectivity index (χ0n) is 18.4. The van der Waals surface area contributed by atoms with Crippen molar-refractivity contribution in [2.45, 2.75) is 26.1 Å². The van der Waals surface area contributed by atoms with Crippen LogP contribution in [0.15, 0.2) is 54.6 Å². The Bertz CT molecular complexity index is 1270. The van der Waals surface area contributed by atoms with Crippen molar-refractivity contribution in [1.82, 2.24) is 24.2 Å². The predicted octanol–water partition coefficient (Wildman–Crippen LogP) is 2.98. The first-order valence-corrected chi connectivity index (χ1v) is 10.6. The van der Waals surface area contributed by atoms with Crippen molar-refractivity contribution < 1.29 is 14.3 Å². The normalized spacial score (nSPS) is 15.2. The van der Waals surface area contributed by atoms with E-state index in [0.29, 0.717) is 24.6 Å². The Morgan fingerprint density at radius 2 is 1.84 bits per heavy atom. The molecule has 0 fully saturated rings. The molecule has 1 aliphatic rings. The first-order chi connectivity index (χ1) is 15.5. The average Bonchev–Trinajstić information content (AvgIpc) is 3.30. The Labute approximate surface area is 186 Å². The fourth-order valence-electron chi connectivity index (χ4n) is 3.97. The van der Waals surface area contributed by atoms with Gasteiger partial charge in [-0.25, -0.2) is 4.98 Å². The smallest absolute Gasteiger partial charge is 0.268 e. The van der Waals surface area contributed by atoms with Crippen LogP contribution in [0.1, 0.15) is 17.2 Å². The summed E-state index contributed by atoms with van der Waals surface area (Å²) in [6.45, 7) is 2.84. The molecule has 1 atom stereocenters. The molecule has 0 saturated carbocycles. The largest absolute Gasteiger partial charge is 0.485 e. The lowest BCUT2D eigenvalue weighted by atomic mass is 10.2. The number of aryl methyl sites for hydroxylation is 3. The van der Waals surface area contributed by atoms with Crippen molar-refractivity contribution >= 4 is 16.9 Å². The Balaban J connectivity index is 1.45. The summed E-state index contributed by atoms with van der Waals surface area (Å²) in [6.07, 6.45) is -0.732. The lowest BCUT2D eigenvalue weighted by Crippen LogP contribution is -2.46. The molecule has 4 aromatic rings. The number of para-hydroxylation sites is 4. The highest BCUT2D eigenvalue weighted by Crippen LogP contribution is 2.31. The van der Waals surface area contributed by atoms with Crippen molar-refractivity contribution in [3.63, 3.8) is 0 Å². The standard InChI is InChI=1S/C24H25N5O3/c1-16-12-17(26-28(16)3)13-29(14-23-25-18-8-4-5-9-19(18)27(23)2)24(30)22-15-31-20-10-6-7-11-21(20)32-22/h4-12,22H,13-15H2,1-3H3. The number of hydrogen-bond donors (Lipinski definition) is 0. The summed E-state index contributed by atoms with van der Waals surface area (Å²) in [5.41, 5.74) is 3.77. The van der Waals surface area contributed by atoms with E-state index >= 15 is 0 Å². The van der Waals surface area contributed by atoms with Crippen LogP contribution in [0, 0.1) is 6.92 Å². The Morgan fingerprint density at radius 3 is 2.59 bits per heavy atom. The number of carbonyl (C=O) groups excluding carboxylic acids is 1. The van der Waals surface area contributed by atoms with E-state index < -0.39 is 6.10 Å². The number of benzene rings is 2. The van der Waals surface area contributed by atoms with Crippen LogP contribution in [0.3, 0.4) is 0 Å². The summed E-state index contributed by atoms with van der Waals surface area (Å²) >= 11 is 0. The van der Waals surface area contributed by atoms with E-state index in [9.17, 15) is 4.79 Å². The molecule has 0 saturated heterocycles. The van der Waals surface area contributed by atoms with Gasteiger partial charge in [0.15, 0.2) is 11.5 Å². The minimum Gasteiger partial charge on any atom is -0.485 e. The second-order valence-corrected chi connectivity index (χ2v) is 8.03. The van der Waals surface area contributed by atoms with Crippen LogP contribution in [-0.2, 0) is 32.0 Å². The summed E-state index contributed by atoms with van der Waals surface area (Å²) in [6, 6.07) is 17.3. The number of carbonyl (C=O) groups is 1. The number of imidazole rings is 1. The van der Waals surface area contributed by atoms with Crippen molar-refractivity contribution in [1.29, 1.82) is 0 Å². The van der Waals surface area contributed by atoms with Crippen LogP contribution in [0.4, 0.5) is 0 Å². The highest BCUT2D eigenvalue weighted by Gasteiger charge is 2.32. The number of aromatic nitrogens is 4. The molecule has 1 amide bonds. The molecule has 0 N–H and O–H groups in total. The van der Waals surface area contributed by atoms with Gasteiger partial charge >= 0.3 is 0 Å². The highest BCUT2D eigenvalue weighted by atomic mass is 16.6. The Hall–Kier alpha value is -3.81. The van der Waals surface area contributed by atoms with Crippen LogP contribution in [-0.4, -0.2) is 42.8 Å². The maximum Gasteiger partial charge on any atom is 0.268 e. The zero-order chi connectivity index (χ0) is 22.2. The van der Waals surface area contributed by atoms with E-state index in [1.807, 2.05) is 84.9 Å². The molecule has 0 bridgehead atoms. The van der Waals surface area contributed by atoms with E-state index in [1.165, 1.54) is 0 Å². The molecular weight excluding hydrogens is 406 g/mol. The molecule has 1 aliphatic heterocycles. The zero-order valence-corrected chi connectivity index (χ0v) is 18.4. The molecule has 3 heterocycles. The van der Waals surface area contributed by atoms with Crippen LogP contribution in [0.5, 0.6) is 11.5 Å². The van der Waals surface area contributed by atoms with Crippen LogP contribution < -0.4 is 9.47 Å². The van der Waals surface area contributed by atoms with Gasteiger partial charge < -0.3 is 18.9 Å². The molecule has 0 radical (unpaired) electrons. The summed E-state index contributed by atoms with van der Waals surface area (Å²) in [7, 11) is 3.86. The monoisotopic (exact) mass is 431 g/mol. The molecule has 0 spiro atoms. The Kier molecular flexibility index (Phi) is 5.05. The van der Waals surface area contributed by atoms with Crippen molar-refractivity contribution in [2.75, 3.05) is 6.61 Å². The summed E-state index contributed by atoms with van der Waals surface area (Å²) in [4.78, 5) is 20.1. The minimum atomic E-state index is -0.732. The topological polar surface area (TPSA) is 74.4 Å². The maximum absolute atomic E-state index is 13.6. The summed E-state index contributed by atoms with van der Waals surface area (Å²) in [5, 5.41) is 4.54. The minimum absolute atomic E-state index is 0.158. The average molecular weight is 431 g/mol. The van der Waals surface area contributed by atoms with Gasteiger partial charge in [0.05, 0.1) is 29.8 Å². The summed E-state index contributed by atoms with van der Waals surface area (Å²) < 4.78 is 15.6. The van der Waals surface area contributed by atoms with Crippen molar-refractivity contribution in [2.24, 2.45) is 14.1 Å². The SMILES string of the molecule is Cc1cc(CN(Cc2nc3ccccc3n2C)C(=O)C2COc3ccccc3O2)nn1C. The number of amides is 1. The molecule has 5 rings (SSSR count). The molecule has 164 valence electrons. The molecule has 0 aliphatic carbocycles. The lowest BCUT2D eigenvalue weighted by Gasteiger charge is -2.30. The number of hydrogen-bond acceptors (Lipinski definition) is 5. The number of nitrogens with zero attached hydrogens (tertiary/aromatic N) is 5. The lowest BCUT2D eigenvalue weighted by molar-refractivity contribution is -0.142. The first-order valence-electron chi connectivity index (χ1n) is 10.6. The van der Waals surface area contributed by atoms with E-state index in [4.69, 9.17) is 14.5 Å². The predicted molar refractivity (Wildman–Crippen MR) is 119 cm³/mol. The number of rotatable bonds is 5. The van der Waals surface area contributed by atoms with Crippen LogP contribution in [0.2, 0.25) is 0 Å². The van der Waals surface area contributed by atoms with Gasteiger partial charge in [0.2, 0.25) is 6.10 Å². The molecule has 8 nitrogen and oxygen atoms in total. The highest BCUT2D eigenvalue weighted by molar-refractivity contribution is 5.82. The third-order valence-electron chi connectivity index (χ3n) is 5.83. The van der Waals surface area contributed by atoms with Gasteiger partial charge in [-0.05, 0) is 37.3 Å². The van der Waals surface area contributed by atoms with Gasteiger partial charge in [-0.3, -0.25) is 9.48 Å². The second kappa shape index (κ2) is 8.03. The molecule has 8 heteroatoms. The van der Waals surface area contributed by atoms with Gasteiger partial charge in [-0.15, -0.1) is 0 Å².